The summed E-state index contributed by atoms with van der Waals surface area (Å²) in [5.74, 6) is -0.829. The number of aliphatic hydroxyl groups is 2. The van der Waals surface area contributed by atoms with Gasteiger partial charge in [-0.2, -0.15) is 0 Å². The number of ether oxygens (including phenoxy) is 2. The summed E-state index contributed by atoms with van der Waals surface area (Å²) in [5.41, 5.74) is 3.62. The maximum atomic E-state index is 13.8. The molecule has 8 heteroatoms. The van der Waals surface area contributed by atoms with E-state index >= 15 is 0 Å². The van der Waals surface area contributed by atoms with Gasteiger partial charge in [-0.25, -0.2) is 4.39 Å². The maximum absolute atomic E-state index is 13.8. The van der Waals surface area contributed by atoms with Crippen LogP contribution in [0.1, 0.15) is 49.4 Å². The van der Waals surface area contributed by atoms with Crippen LogP contribution in [0.4, 0.5) is 4.39 Å². The zero-order valence-electron chi connectivity index (χ0n) is 21.1. The Morgan fingerprint density at radius 3 is 2.49 bits per heavy atom. The Morgan fingerprint density at radius 1 is 1.16 bits per heavy atom. The average molecular weight is 509 g/mol. The number of methoxy groups -OCH3 is 1. The van der Waals surface area contributed by atoms with E-state index in [1.165, 1.54) is 18.2 Å². The molecule has 0 amide bonds. The molecule has 0 aliphatic heterocycles. The van der Waals surface area contributed by atoms with Gasteiger partial charge >= 0.3 is 0 Å². The molecule has 196 valence electrons. The summed E-state index contributed by atoms with van der Waals surface area (Å²) < 4.78 is 25.7. The first-order valence-corrected chi connectivity index (χ1v) is 12.0. The van der Waals surface area contributed by atoms with Crippen LogP contribution in [-0.4, -0.2) is 40.5 Å². The van der Waals surface area contributed by atoms with Gasteiger partial charge < -0.3 is 29.6 Å². The molecular weight excluding hydrogens is 477 g/mol. The van der Waals surface area contributed by atoms with Gasteiger partial charge in [-0.3, -0.25) is 4.98 Å². The summed E-state index contributed by atoms with van der Waals surface area (Å²) in [6.07, 6.45) is 1.75. The monoisotopic (exact) mass is 508 g/mol. The molecule has 3 rings (SSSR count). The summed E-state index contributed by atoms with van der Waals surface area (Å²) in [4.78, 5) is 15.1. The van der Waals surface area contributed by atoms with E-state index in [-0.39, 0.29) is 24.8 Å². The molecule has 37 heavy (non-hydrogen) atoms. The van der Waals surface area contributed by atoms with E-state index in [1.54, 1.807) is 31.5 Å². The molecule has 0 saturated heterocycles. The number of rotatable bonds is 12. The number of hydrogen-bond donors (Lipinski definition) is 2. The van der Waals surface area contributed by atoms with Crippen LogP contribution in [0.15, 0.2) is 60.8 Å². The number of halogens is 1. The minimum Gasteiger partial charge on any atom is -0.550 e. The Kier molecular flexibility index (Phi) is 9.77. The second kappa shape index (κ2) is 13.0. The molecule has 7 nitrogen and oxygen atoms in total. The zero-order valence-corrected chi connectivity index (χ0v) is 21.1. The summed E-state index contributed by atoms with van der Waals surface area (Å²) in [6.45, 7) is 4.18. The largest absolute Gasteiger partial charge is 0.550 e. The number of pyridine rings is 1. The number of carboxylic acid groups (broad SMARTS) is 1. The van der Waals surface area contributed by atoms with Crippen molar-refractivity contribution in [2.24, 2.45) is 0 Å². The Morgan fingerprint density at radius 2 is 1.89 bits per heavy atom. The van der Waals surface area contributed by atoms with Crippen molar-refractivity contribution in [3.05, 3.63) is 83.4 Å². The molecule has 0 fully saturated rings. The van der Waals surface area contributed by atoms with E-state index in [4.69, 9.17) is 9.47 Å². The predicted molar refractivity (Wildman–Crippen MR) is 136 cm³/mol. The fraction of sp³-hybridized carbons (Fsp3) is 0.310. The predicted octanol–water partition coefficient (Wildman–Crippen LogP) is 3.86. The molecule has 2 aromatic carbocycles. The van der Waals surface area contributed by atoms with Gasteiger partial charge in [0, 0.05) is 30.6 Å². The summed E-state index contributed by atoms with van der Waals surface area (Å²) in [6, 6.07) is 13.3. The summed E-state index contributed by atoms with van der Waals surface area (Å²) in [7, 11) is 1.54. The normalized spacial score (nSPS) is 13.1. The van der Waals surface area contributed by atoms with Gasteiger partial charge in [-0.1, -0.05) is 44.2 Å². The van der Waals surface area contributed by atoms with E-state index in [1.807, 2.05) is 38.1 Å². The van der Waals surface area contributed by atoms with Crippen molar-refractivity contribution >= 4 is 12.0 Å². The lowest BCUT2D eigenvalue weighted by atomic mass is 9.88. The van der Waals surface area contributed by atoms with Crippen molar-refractivity contribution in [3.63, 3.8) is 0 Å². The highest BCUT2D eigenvalue weighted by Crippen LogP contribution is 2.45. The lowest BCUT2D eigenvalue weighted by Crippen LogP contribution is -2.29. The lowest BCUT2D eigenvalue weighted by molar-refractivity contribution is -0.307. The number of benzene rings is 2. The number of aliphatic hydroxyl groups excluding tert-OH is 2. The first kappa shape index (κ1) is 27.8. The third kappa shape index (κ3) is 7.62. The third-order valence-electron chi connectivity index (χ3n) is 5.78. The zero-order chi connectivity index (χ0) is 26.9. The van der Waals surface area contributed by atoms with Gasteiger partial charge in [-0.05, 0) is 52.9 Å². The standard InChI is InChI=1S/C29H32FNO6/c1-18(2)25-16-26(36-3)29(37-17-21-6-4-5-13-31-21)28(19-7-9-20(30)10-8-19)24(25)12-11-22(32)14-23(33)15-27(34)35/h4-13,16,18,22-23,32-33H,14-15,17H2,1-3H3,(H,34,35)/p-1/b12-11+. The van der Waals surface area contributed by atoms with Gasteiger partial charge in [-0.15, -0.1) is 0 Å². The number of aromatic nitrogens is 1. The van der Waals surface area contributed by atoms with E-state index < -0.39 is 24.6 Å². The van der Waals surface area contributed by atoms with Crippen molar-refractivity contribution in [2.75, 3.05) is 7.11 Å². The number of carbonyl (C=O) groups excluding carboxylic acids is 1. The Hall–Kier alpha value is -3.75. The van der Waals surface area contributed by atoms with Crippen LogP contribution in [0.2, 0.25) is 0 Å². The Bertz CT molecular complexity index is 1210. The molecule has 1 aromatic heterocycles. The Balaban J connectivity index is 2.13. The molecule has 3 aromatic rings. The number of hydrogen-bond acceptors (Lipinski definition) is 7. The molecule has 2 unspecified atom stereocenters. The quantitative estimate of drug-likeness (QED) is 0.382. The molecule has 0 radical (unpaired) electrons. The maximum Gasteiger partial charge on any atom is 0.170 e. The van der Waals surface area contributed by atoms with E-state index in [0.29, 0.717) is 33.9 Å². The number of carboxylic acids is 1. The molecule has 0 aliphatic carbocycles. The minimum atomic E-state index is -1.39. The van der Waals surface area contributed by atoms with Crippen LogP contribution in [-0.2, 0) is 11.4 Å². The smallest absolute Gasteiger partial charge is 0.170 e. The van der Waals surface area contributed by atoms with Crippen LogP contribution < -0.4 is 14.6 Å². The van der Waals surface area contributed by atoms with Crippen molar-refractivity contribution in [1.29, 1.82) is 0 Å². The van der Waals surface area contributed by atoms with Gasteiger partial charge in [0.05, 0.1) is 25.0 Å². The highest BCUT2D eigenvalue weighted by atomic mass is 19.1. The average Bonchev–Trinajstić information content (AvgIpc) is 2.86. The second-order valence-electron chi connectivity index (χ2n) is 8.95. The van der Waals surface area contributed by atoms with Crippen molar-refractivity contribution in [1.82, 2.24) is 4.98 Å². The minimum absolute atomic E-state index is 0.0402. The summed E-state index contributed by atoms with van der Waals surface area (Å²) in [5, 5.41) is 31.1. The molecule has 0 aliphatic rings. The van der Waals surface area contributed by atoms with E-state index in [2.05, 4.69) is 4.98 Å². The van der Waals surface area contributed by atoms with Crippen LogP contribution in [0.25, 0.3) is 17.2 Å². The molecule has 0 bridgehead atoms. The number of aliphatic carboxylic acids is 1. The molecule has 2 atom stereocenters. The fourth-order valence-electron chi connectivity index (χ4n) is 4.00. The second-order valence-corrected chi connectivity index (χ2v) is 8.95. The van der Waals surface area contributed by atoms with Gasteiger partial charge in [0.1, 0.15) is 12.4 Å². The highest BCUT2D eigenvalue weighted by molar-refractivity contribution is 5.85. The number of nitrogens with zero attached hydrogens (tertiary/aromatic N) is 1. The van der Waals surface area contributed by atoms with E-state index in [0.717, 1.165) is 5.56 Å². The van der Waals surface area contributed by atoms with Crippen molar-refractivity contribution < 1.29 is 34.0 Å². The van der Waals surface area contributed by atoms with Crippen LogP contribution in [0.5, 0.6) is 11.5 Å². The van der Waals surface area contributed by atoms with E-state index in [9.17, 15) is 24.5 Å². The highest BCUT2D eigenvalue weighted by Gasteiger charge is 2.22. The molecule has 0 saturated carbocycles. The topological polar surface area (TPSA) is 112 Å². The van der Waals surface area contributed by atoms with Crippen molar-refractivity contribution in [2.45, 2.75) is 51.4 Å². The molecule has 0 spiro atoms. The van der Waals surface area contributed by atoms with Gasteiger partial charge in [0.25, 0.3) is 0 Å². The fourth-order valence-corrected chi connectivity index (χ4v) is 4.00. The Labute approximate surface area is 215 Å². The molecule has 2 N–H and O–H groups in total. The SMILES string of the molecule is COc1cc(C(C)C)c(/C=C/C(O)CC(O)CC(=O)[O-])c(-c2ccc(F)cc2)c1OCc1ccccn1. The van der Waals surface area contributed by atoms with Crippen LogP contribution in [0, 0.1) is 5.82 Å². The number of carbonyl (C=O) groups is 1. The van der Waals surface area contributed by atoms with Crippen molar-refractivity contribution in [3.8, 4) is 22.6 Å². The lowest BCUT2D eigenvalue weighted by Gasteiger charge is -2.23. The first-order chi connectivity index (χ1) is 17.7. The first-order valence-electron chi connectivity index (χ1n) is 12.0. The van der Waals surface area contributed by atoms with Gasteiger partial charge in [0.2, 0.25) is 0 Å². The summed E-state index contributed by atoms with van der Waals surface area (Å²) >= 11 is 0. The van der Waals surface area contributed by atoms with Crippen LogP contribution >= 0.6 is 0 Å². The third-order valence-corrected chi connectivity index (χ3v) is 5.78. The van der Waals surface area contributed by atoms with Crippen LogP contribution in [0.3, 0.4) is 0 Å². The molecule has 1 heterocycles. The molecular formula is C29H31FNO6-. The van der Waals surface area contributed by atoms with Gasteiger partial charge in [0.15, 0.2) is 11.5 Å².